The molecule has 0 aliphatic carbocycles. The van der Waals surface area contributed by atoms with Crippen molar-refractivity contribution in [3.8, 4) is 0 Å². The summed E-state index contributed by atoms with van der Waals surface area (Å²) in [4.78, 5) is 48.7. The number of nitrogens with one attached hydrogen (secondary N) is 7. The molecule has 2 atom stereocenters. The lowest BCUT2D eigenvalue weighted by Crippen LogP contribution is -2.36. The van der Waals surface area contributed by atoms with Crippen LogP contribution in [0, 0.1) is 11.3 Å². The number of aromatic nitrogens is 2. The third kappa shape index (κ3) is 10.1. The Hall–Kier alpha value is -5.51. The molecule has 2 unspecified atom stereocenters. The maximum Gasteiger partial charge on any atom is 0.257 e. The Labute approximate surface area is 302 Å². The molecule has 0 spiro atoms. The zero-order chi connectivity index (χ0) is 37.0. The summed E-state index contributed by atoms with van der Waals surface area (Å²) in [6, 6.07) is 15.9. The number of carbonyl (C=O) groups excluding carboxylic acids is 3. The number of H-pyrrole nitrogens is 1. The highest BCUT2D eigenvalue weighted by Crippen LogP contribution is 2.25. The lowest BCUT2D eigenvalue weighted by molar-refractivity contribution is -0.121. The largest absolute Gasteiger partial charge is 0.398 e. The smallest absolute Gasteiger partial charge is 0.257 e. The standard InChI is InChI=1S/C37H49N11O4/c1-41-28-9-7-24(18-25(28)20-39)36(51)44-26-8-10-29-31(19-26)46-32(45-29)22-48-16-12-23(21-48)17-34(50)43-15-3-2-14-42-30-6-4-5-27(40)35(30)37(52)47-33(49)11-13-38/h4-10,18-20,23,33,39,41-42,49H,2-3,11-17,21-22,38,40H2,1H3,(H,43,50)(H,44,51)(H,45,46)(H,47,52). The third-order valence-corrected chi connectivity index (χ3v) is 9.05. The number of hydrogen-bond acceptors (Lipinski definition) is 11. The van der Waals surface area contributed by atoms with E-state index in [1.807, 2.05) is 18.2 Å². The number of benzene rings is 3. The van der Waals surface area contributed by atoms with Crippen molar-refractivity contribution in [2.24, 2.45) is 11.7 Å². The molecular formula is C37H49N11O4. The van der Waals surface area contributed by atoms with Gasteiger partial charge in [-0.2, -0.15) is 0 Å². The summed E-state index contributed by atoms with van der Waals surface area (Å²) >= 11 is 0. The van der Waals surface area contributed by atoms with Crippen LogP contribution >= 0.6 is 0 Å². The molecule has 1 aromatic heterocycles. The predicted molar refractivity (Wildman–Crippen MR) is 205 cm³/mol. The molecule has 1 aliphatic rings. The second kappa shape index (κ2) is 18.1. The number of nitrogen functional groups attached to an aromatic ring is 1. The van der Waals surface area contributed by atoms with E-state index in [1.165, 1.54) is 6.21 Å². The van der Waals surface area contributed by atoms with Crippen LogP contribution in [-0.4, -0.2) is 89.9 Å². The van der Waals surface area contributed by atoms with Crippen LogP contribution in [0.4, 0.5) is 22.7 Å². The van der Waals surface area contributed by atoms with Crippen molar-refractivity contribution in [3.05, 3.63) is 77.1 Å². The highest BCUT2D eigenvalue weighted by Gasteiger charge is 2.25. The number of likely N-dealkylation sites (tertiary alicyclic amines) is 1. The average Bonchev–Trinajstić information content (AvgIpc) is 3.74. The molecule has 15 heteroatoms. The number of aromatic amines is 1. The van der Waals surface area contributed by atoms with Gasteiger partial charge in [0.2, 0.25) is 5.91 Å². The van der Waals surface area contributed by atoms with Crippen LogP contribution < -0.4 is 38.1 Å². The number of rotatable bonds is 18. The minimum Gasteiger partial charge on any atom is -0.398 e. The van der Waals surface area contributed by atoms with Gasteiger partial charge in [-0.05, 0) is 86.8 Å². The van der Waals surface area contributed by atoms with E-state index in [2.05, 4.69) is 36.5 Å². The normalized spacial score (nSPS) is 14.9. The lowest BCUT2D eigenvalue weighted by atomic mass is 10.0. The van der Waals surface area contributed by atoms with E-state index in [-0.39, 0.29) is 36.3 Å². The van der Waals surface area contributed by atoms with Crippen molar-refractivity contribution in [3.63, 3.8) is 0 Å². The van der Waals surface area contributed by atoms with Crippen LogP contribution in [-0.2, 0) is 11.3 Å². The number of hydrogen-bond donors (Lipinski definition) is 10. The maximum absolute atomic E-state index is 12.9. The number of carbonyl (C=O) groups is 3. The minimum atomic E-state index is -1.05. The van der Waals surface area contributed by atoms with Crippen molar-refractivity contribution >= 4 is 57.7 Å². The molecule has 1 aliphatic heterocycles. The van der Waals surface area contributed by atoms with Crippen molar-refractivity contribution in [2.45, 2.75) is 44.9 Å². The molecule has 0 saturated carbocycles. The molecule has 15 nitrogen and oxygen atoms in total. The quantitative estimate of drug-likeness (QED) is 0.0313. The molecule has 0 bridgehead atoms. The van der Waals surface area contributed by atoms with Crippen molar-refractivity contribution in [1.82, 2.24) is 25.5 Å². The number of nitrogens with two attached hydrogens (primary N) is 2. The summed E-state index contributed by atoms with van der Waals surface area (Å²) in [5, 5.41) is 32.3. The summed E-state index contributed by atoms with van der Waals surface area (Å²) in [5.74, 6) is 0.392. The monoisotopic (exact) mass is 711 g/mol. The third-order valence-electron chi connectivity index (χ3n) is 9.05. The Kier molecular flexibility index (Phi) is 13.2. The first kappa shape index (κ1) is 37.7. The molecule has 0 radical (unpaired) electrons. The Bertz CT molecular complexity index is 1880. The Balaban J connectivity index is 1.01. The fourth-order valence-electron chi connectivity index (χ4n) is 6.36. The van der Waals surface area contributed by atoms with Gasteiger partial charge in [0.05, 0.1) is 23.1 Å². The van der Waals surface area contributed by atoms with Gasteiger partial charge >= 0.3 is 0 Å². The fraction of sp³-hybridized carbons (Fsp3) is 0.378. The lowest BCUT2D eigenvalue weighted by Gasteiger charge is -2.17. The summed E-state index contributed by atoms with van der Waals surface area (Å²) in [7, 11) is 1.77. The molecule has 12 N–H and O–H groups in total. The SMILES string of the molecule is CNc1ccc(C(=O)Nc2ccc3nc(CN4CCC(CC(=O)NCCCCNc5cccc(N)c5C(=O)NC(O)CCN)C4)[nH]c3c2)cc1C=N. The molecule has 1 saturated heterocycles. The molecule has 1 fully saturated rings. The number of amides is 3. The first-order chi connectivity index (χ1) is 25.2. The summed E-state index contributed by atoms with van der Waals surface area (Å²) in [6.07, 6.45) is 3.34. The number of nitrogens with zero attached hydrogens (tertiary/aromatic N) is 2. The van der Waals surface area contributed by atoms with E-state index in [0.717, 1.165) is 54.9 Å². The van der Waals surface area contributed by atoms with Gasteiger partial charge in [0.1, 0.15) is 12.1 Å². The molecule has 2 heterocycles. The first-order valence-corrected chi connectivity index (χ1v) is 17.6. The molecule has 3 aromatic carbocycles. The van der Waals surface area contributed by atoms with E-state index >= 15 is 0 Å². The van der Waals surface area contributed by atoms with Crippen LogP contribution in [0.25, 0.3) is 11.0 Å². The van der Waals surface area contributed by atoms with Crippen LogP contribution in [0.15, 0.2) is 54.6 Å². The van der Waals surface area contributed by atoms with E-state index in [9.17, 15) is 19.5 Å². The van der Waals surface area contributed by atoms with E-state index in [4.69, 9.17) is 21.9 Å². The van der Waals surface area contributed by atoms with Crippen LogP contribution in [0.3, 0.4) is 0 Å². The van der Waals surface area contributed by atoms with Crippen molar-refractivity contribution < 1.29 is 19.5 Å². The van der Waals surface area contributed by atoms with E-state index in [0.29, 0.717) is 54.2 Å². The topological polar surface area (TPSA) is 239 Å². The number of fused-ring (bicyclic) bond motifs is 1. The van der Waals surface area contributed by atoms with E-state index in [1.54, 1.807) is 43.4 Å². The molecule has 52 heavy (non-hydrogen) atoms. The number of unbranched alkanes of at least 4 members (excludes halogenated alkanes) is 1. The molecule has 276 valence electrons. The van der Waals surface area contributed by atoms with Gasteiger partial charge < -0.3 is 53.6 Å². The second-order valence-electron chi connectivity index (χ2n) is 13.0. The van der Waals surface area contributed by atoms with Crippen LogP contribution in [0.2, 0.25) is 0 Å². The Morgan fingerprint density at radius 2 is 1.92 bits per heavy atom. The highest BCUT2D eigenvalue weighted by atomic mass is 16.3. The highest BCUT2D eigenvalue weighted by molar-refractivity contribution is 6.06. The van der Waals surface area contributed by atoms with E-state index < -0.39 is 12.1 Å². The molecule has 4 aromatic rings. The molecular weight excluding hydrogens is 662 g/mol. The second-order valence-corrected chi connectivity index (χ2v) is 13.0. The van der Waals surface area contributed by atoms with Crippen LogP contribution in [0.1, 0.15) is 64.2 Å². The van der Waals surface area contributed by atoms with Gasteiger partial charge in [0, 0.05) is 79.6 Å². The Morgan fingerprint density at radius 3 is 2.71 bits per heavy atom. The van der Waals surface area contributed by atoms with Crippen LogP contribution in [0.5, 0.6) is 0 Å². The molecule has 3 amide bonds. The number of aliphatic hydroxyl groups is 1. The number of imidazole rings is 1. The average molecular weight is 712 g/mol. The maximum atomic E-state index is 12.9. The van der Waals surface area contributed by atoms with Gasteiger partial charge in [-0.15, -0.1) is 0 Å². The number of anilines is 4. The summed E-state index contributed by atoms with van der Waals surface area (Å²) in [5.41, 5.74) is 16.8. The summed E-state index contributed by atoms with van der Waals surface area (Å²) < 4.78 is 0. The molecule has 5 rings (SSSR count). The van der Waals surface area contributed by atoms with Gasteiger partial charge in [-0.3, -0.25) is 19.3 Å². The number of aliphatic hydroxyl groups excluding tert-OH is 1. The predicted octanol–water partition coefficient (Wildman–Crippen LogP) is 3.05. The minimum absolute atomic E-state index is 0.0379. The van der Waals surface area contributed by atoms with Crippen molar-refractivity contribution in [1.29, 1.82) is 5.41 Å². The van der Waals surface area contributed by atoms with Gasteiger partial charge in [0.15, 0.2) is 0 Å². The van der Waals surface area contributed by atoms with Gasteiger partial charge in [0.25, 0.3) is 11.8 Å². The summed E-state index contributed by atoms with van der Waals surface area (Å²) in [6.45, 7) is 3.70. The first-order valence-electron chi connectivity index (χ1n) is 17.6. The fourth-order valence-corrected chi connectivity index (χ4v) is 6.36. The zero-order valence-electron chi connectivity index (χ0n) is 29.4. The van der Waals surface area contributed by atoms with Gasteiger partial charge in [-0.25, -0.2) is 4.98 Å². The van der Waals surface area contributed by atoms with Gasteiger partial charge in [-0.1, -0.05) is 6.07 Å². The van der Waals surface area contributed by atoms with Crippen molar-refractivity contribution in [2.75, 3.05) is 61.5 Å². The Morgan fingerprint density at radius 1 is 1.10 bits per heavy atom. The zero-order valence-corrected chi connectivity index (χ0v) is 29.4.